The molecule has 0 radical (unpaired) electrons. The number of nitrogens with one attached hydrogen (secondary N) is 1. The van der Waals surface area contributed by atoms with Crippen molar-refractivity contribution >= 4 is 39.1 Å². The highest BCUT2D eigenvalue weighted by Crippen LogP contribution is 2.25. The molecule has 43 heavy (non-hydrogen) atoms. The van der Waals surface area contributed by atoms with Crippen molar-refractivity contribution in [1.82, 2.24) is 10.2 Å². The lowest BCUT2D eigenvalue weighted by molar-refractivity contribution is -0.141. The van der Waals surface area contributed by atoms with E-state index >= 15 is 0 Å². The van der Waals surface area contributed by atoms with Crippen LogP contribution in [0.15, 0.2) is 72.8 Å². The van der Waals surface area contributed by atoms with E-state index in [0.717, 1.165) is 47.9 Å². The number of carbonyl (C=O) groups excluding carboxylic acids is 2. The second kappa shape index (κ2) is 14.9. The first-order valence-electron chi connectivity index (χ1n) is 14.9. The van der Waals surface area contributed by atoms with Gasteiger partial charge in [0, 0.05) is 37.0 Å². The van der Waals surface area contributed by atoms with Gasteiger partial charge in [0.2, 0.25) is 21.8 Å². The molecule has 0 saturated heterocycles. The van der Waals surface area contributed by atoms with Crippen LogP contribution >= 0.6 is 11.6 Å². The maximum Gasteiger partial charge on any atom is 0.243 e. The van der Waals surface area contributed by atoms with Gasteiger partial charge in [0.25, 0.3) is 0 Å². The van der Waals surface area contributed by atoms with Crippen molar-refractivity contribution in [1.29, 1.82) is 0 Å². The van der Waals surface area contributed by atoms with E-state index in [4.69, 9.17) is 11.6 Å². The van der Waals surface area contributed by atoms with Crippen LogP contribution in [0.1, 0.15) is 60.8 Å². The maximum atomic E-state index is 14.0. The quantitative estimate of drug-likeness (QED) is 0.246. The summed E-state index contributed by atoms with van der Waals surface area (Å²) in [5, 5.41) is 3.73. The lowest BCUT2D eigenvalue weighted by atomic mass is 10.0. The predicted molar refractivity (Wildman–Crippen MR) is 174 cm³/mol. The van der Waals surface area contributed by atoms with Crippen molar-refractivity contribution < 1.29 is 18.0 Å². The van der Waals surface area contributed by atoms with Crippen LogP contribution in [0.2, 0.25) is 5.02 Å². The summed E-state index contributed by atoms with van der Waals surface area (Å²) in [6, 6.07) is 22.0. The van der Waals surface area contributed by atoms with Crippen molar-refractivity contribution in [2.45, 2.75) is 77.4 Å². The second-order valence-corrected chi connectivity index (χ2v) is 13.9. The number of rotatable bonds is 13. The zero-order valence-corrected chi connectivity index (χ0v) is 26.8. The summed E-state index contributed by atoms with van der Waals surface area (Å²) in [6.45, 7) is 4.17. The van der Waals surface area contributed by atoms with Crippen LogP contribution in [-0.2, 0) is 32.6 Å². The van der Waals surface area contributed by atoms with Gasteiger partial charge in [-0.2, -0.15) is 0 Å². The lowest BCUT2D eigenvalue weighted by Gasteiger charge is -2.33. The smallest absolute Gasteiger partial charge is 0.243 e. The molecule has 0 bridgehead atoms. The highest BCUT2D eigenvalue weighted by atomic mass is 35.5. The van der Waals surface area contributed by atoms with Gasteiger partial charge >= 0.3 is 0 Å². The van der Waals surface area contributed by atoms with Crippen molar-refractivity contribution in [3.63, 3.8) is 0 Å². The maximum absolute atomic E-state index is 14.0. The highest BCUT2D eigenvalue weighted by molar-refractivity contribution is 7.92. The van der Waals surface area contributed by atoms with E-state index in [2.05, 4.69) is 5.32 Å². The Balaban J connectivity index is 1.60. The third-order valence-corrected chi connectivity index (χ3v) is 9.48. The Hall–Kier alpha value is -3.36. The molecule has 1 N–H and O–H groups in total. The molecule has 3 aromatic carbocycles. The molecule has 1 fully saturated rings. The number of carbonyl (C=O) groups is 2. The summed E-state index contributed by atoms with van der Waals surface area (Å²) in [5.41, 5.74) is 4.20. The third-order valence-electron chi connectivity index (χ3n) is 7.92. The number of aryl methyl sites for hydroxylation is 2. The Labute approximate surface area is 261 Å². The van der Waals surface area contributed by atoms with E-state index in [1.165, 1.54) is 10.6 Å². The molecule has 2 amide bonds. The normalized spacial score (nSPS) is 14.3. The van der Waals surface area contributed by atoms with Crippen LogP contribution in [0.5, 0.6) is 0 Å². The fraction of sp³-hybridized carbons (Fsp3) is 0.412. The second-order valence-electron chi connectivity index (χ2n) is 11.6. The van der Waals surface area contributed by atoms with Gasteiger partial charge in [0.05, 0.1) is 11.9 Å². The molecule has 1 saturated carbocycles. The van der Waals surface area contributed by atoms with Crippen LogP contribution in [-0.4, -0.2) is 50.0 Å². The first-order valence-corrected chi connectivity index (χ1v) is 17.2. The minimum Gasteiger partial charge on any atom is -0.352 e. The minimum atomic E-state index is -3.58. The van der Waals surface area contributed by atoms with E-state index in [1.807, 2.05) is 80.6 Å². The van der Waals surface area contributed by atoms with Gasteiger partial charge in [-0.3, -0.25) is 13.9 Å². The molecule has 7 nitrogen and oxygen atoms in total. The number of amides is 2. The Morgan fingerprint density at radius 3 is 2.21 bits per heavy atom. The van der Waals surface area contributed by atoms with Crippen LogP contribution in [0.4, 0.5) is 5.69 Å². The summed E-state index contributed by atoms with van der Waals surface area (Å²) < 4.78 is 26.9. The molecule has 0 heterocycles. The molecule has 0 aromatic heterocycles. The number of anilines is 1. The van der Waals surface area contributed by atoms with E-state index in [9.17, 15) is 18.0 Å². The van der Waals surface area contributed by atoms with Gasteiger partial charge in [0.1, 0.15) is 6.04 Å². The minimum absolute atomic E-state index is 0.0727. The van der Waals surface area contributed by atoms with Gasteiger partial charge < -0.3 is 10.2 Å². The first kappa shape index (κ1) is 32.6. The van der Waals surface area contributed by atoms with Crippen molar-refractivity contribution in [3.05, 3.63) is 100 Å². The van der Waals surface area contributed by atoms with E-state index < -0.39 is 16.1 Å². The molecule has 4 rings (SSSR count). The fourth-order valence-corrected chi connectivity index (χ4v) is 6.97. The van der Waals surface area contributed by atoms with Crippen molar-refractivity contribution in [2.24, 2.45) is 0 Å². The fourth-order valence-electron chi connectivity index (χ4n) is 5.83. The SMILES string of the molecule is Cc1cc(C)cc(N(CCCC(=O)N(Cc2ccccc2Cl)[C@H](Cc2ccccc2)C(=O)NC2CCCC2)S(C)(=O)=O)c1. The molecular weight excluding hydrogens is 582 g/mol. The zero-order valence-electron chi connectivity index (χ0n) is 25.3. The lowest BCUT2D eigenvalue weighted by Crippen LogP contribution is -2.52. The largest absolute Gasteiger partial charge is 0.352 e. The molecular formula is C34H42ClN3O4S. The summed E-state index contributed by atoms with van der Waals surface area (Å²) >= 11 is 6.53. The molecule has 9 heteroatoms. The van der Waals surface area contributed by atoms with Crippen LogP contribution in [0.3, 0.4) is 0 Å². The number of halogens is 1. The third kappa shape index (κ3) is 9.31. The molecule has 1 atom stereocenters. The first-order chi connectivity index (χ1) is 20.5. The molecule has 0 spiro atoms. The summed E-state index contributed by atoms with van der Waals surface area (Å²) in [7, 11) is -3.58. The number of benzene rings is 3. The molecule has 230 valence electrons. The van der Waals surface area contributed by atoms with E-state index in [0.29, 0.717) is 23.6 Å². The predicted octanol–water partition coefficient (Wildman–Crippen LogP) is 6.20. The van der Waals surface area contributed by atoms with Gasteiger partial charge in [0.15, 0.2) is 0 Å². The Morgan fingerprint density at radius 1 is 0.953 bits per heavy atom. The standard InChI is InChI=1S/C34H42ClN3O4S/c1-25-20-26(2)22-30(21-25)38(43(3,41)42)19-11-18-33(39)37(24-28-14-7-10-17-31(28)35)32(23-27-12-5-4-6-13-27)34(40)36-29-15-8-9-16-29/h4-7,10,12-14,17,20-22,29,32H,8-9,11,15-16,18-19,23-24H2,1-3H3,(H,36,40)/t32-/m1/s1. The number of sulfonamides is 1. The average Bonchev–Trinajstić information content (AvgIpc) is 3.46. The van der Waals surface area contributed by atoms with Gasteiger partial charge in [-0.25, -0.2) is 8.42 Å². The molecule has 0 aliphatic heterocycles. The molecule has 3 aromatic rings. The Bertz CT molecular complexity index is 1490. The molecule has 1 aliphatic carbocycles. The van der Waals surface area contributed by atoms with Gasteiger partial charge in [-0.1, -0.05) is 79.0 Å². The highest BCUT2D eigenvalue weighted by Gasteiger charge is 2.32. The summed E-state index contributed by atoms with van der Waals surface area (Å²) in [5.74, 6) is -0.402. The van der Waals surface area contributed by atoms with Crippen LogP contribution in [0.25, 0.3) is 0 Å². The van der Waals surface area contributed by atoms with Gasteiger partial charge in [-0.15, -0.1) is 0 Å². The number of hydrogen-bond acceptors (Lipinski definition) is 4. The van der Waals surface area contributed by atoms with E-state index in [1.54, 1.807) is 11.0 Å². The molecule has 1 aliphatic rings. The zero-order chi connectivity index (χ0) is 31.0. The Kier molecular flexibility index (Phi) is 11.3. The number of hydrogen-bond donors (Lipinski definition) is 1. The van der Waals surface area contributed by atoms with Crippen LogP contribution in [0, 0.1) is 13.8 Å². The van der Waals surface area contributed by atoms with Gasteiger partial charge in [-0.05, 0) is 73.6 Å². The topological polar surface area (TPSA) is 86.8 Å². The monoisotopic (exact) mass is 623 g/mol. The summed E-state index contributed by atoms with van der Waals surface area (Å²) in [4.78, 5) is 29.5. The summed E-state index contributed by atoms with van der Waals surface area (Å²) in [6.07, 6.45) is 5.92. The average molecular weight is 624 g/mol. The number of nitrogens with zero attached hydrogens (tertiary/aromatic N) is 2. The van der Waals surface area contributed by atoms with Crippen molar-refractivity contribution in [3.8, 4) is 0 Å². The van der Waals surface area contributed by atoms with Crippen molar-refractivity contribution in [2.75, 3.05) is 17.1 Å². The van der Waals surface area contributed by atoms with Crippen LogP contribution < -0.4 is 9.62 Å². The van der Waals surface area contributed by atoms with E-state index in [-0.39, 0.29) is 37.4 Å². The molecule has 0 unspecified atom stereocenters. The Morgan fingerprint density at radius 2 is 1.58 bits per heavy atom.